The van der Waals surface area contributed by atoms with Gasteiger partial charge >= 0.3 is 5.63 Å². The number of ether oxygens (including phenoxy) is 1. The summed E-state index contributed by atoms with van der Waals surface area (Å²) in [6.07, 6.45) is 0.941. The summed E-state index contributed by atoms with van der Waals surface area (Å²) in [5, 5.41) is 0. The van der Waals surface area contributed by atoms with Gasteiger partial charge in [-0.15, -0.1) is 0 Å². The van der Waals surface area contributed by atoms with Crippen LogP contribution in [0.25, 0.3) is 0 Å². The lowest BCUT2D eigenvalue weighted by molar-refractivity contribution is 0.376. The predicted octanol–water partition coefficient (Wildman–Crippen LogP) is 2.47. The number of hydrogen-bond acceptors (Lipinski definition) is 3. The van der Waals surface area contributed by atoms with Crippen molar-refractivity contribution in [3.8, 4) is 5.75 Å². The van der Waals surface area contributed by atoms with Gasteiger partial charge in [0.05, 0.1) is 13.2 Å². The second kappa shape index (κ2) is 4.31. The van der Waals surface area contributed by atoms with Crippen LogP contribution in [0.1, 0.15) is 37.5 Å². The number of methoxy groups -OCH3 is 1. The van der Waals surface area contributed by atoms with Crippen LogP contribution in [0.3, 0.4) is 0 Å². The highest BCUT2D eigenvalue weighted by Crippen LogP contribution is 2.26. The first kappa shape index (κ1) is 10.8. The largest absolute Gasteiger partial charge is 0.496 e. The summed E-state index contributed by atoms with van der Waals surface area (Å²) >= 11 is 0. The van der Waals surface area contributed by atoms with E-state index in [-0.39, 0.29) is 11.5 Å². The van der Waals surface area contributed by atoms with Crippen LogP contribution in [0.4, 0.5) is 0 Å². The molecule has 1 aromatic rings. The average molecular weight is 196 g/mol. The first-order chi connectivity index (χ1) is 6.60. The van der Waals surface area contributed by atoms with Crippen LogP contribution in [-0.2, 0) is 0 Å². The van der Waals surface area contributed by atoms with Gasteiger partial charge in [0.15, 0.2) is 0 Å². The zero-order chi connectivity index (χ0) is 10.7. The van der Waals surface area contributed by atoms with E-state index in [1.54, 1.807) is 7.11 Å². The molecule has 14 heavy (non-hydrogen) atoms. The van der Waals surface area contributed by atoms with Gasteiger partial charge in [-0.05, 0) is 13.3 Å². The molecule has 3 heteroatoms. The molecular formula is C11H16O3. The van der Waals surface area contributed by atoms with E-state index in [1.165, 1.54) is 6.07 Å². The zero-order valence-electron chi connectivity index (χ0n) is 9.09. The molecule has 0 aliphatic heterocycles. The Hall–Kier alpha value is -1.25. The molecule has 0 aliphatic carbocycles. The number of hydrogen-bond donors (Lipinski definition) is 0. The molecule has 0 radical (unpaired) electrons. The van der Waals surface area contributed by atoms with Gasteiger partial charge in [-0.3, -0.25) is 0 Å². The molecule has 0 aromatic carbocycles. The maximum Gasteiger partial charge on any atom is 0.339 e. The molecule has 0 amide bonds. The lowest BCUT2D eigenvalue weighted by atomic mass is 10.0. The van der Waals surface area contributed by atoms with E-state index in [2.05, 4.69) is 6.92 Å². The Bertz CT molecular complexity index is 365. The maximum absolute atomic E-state index is 11.2. The van der Waals surface area contributed by atoms with Crippen LogP contribution in [-0.4, -0.2) is 7.11 Å². The highest BCUT2D eigenvalue weighted by molar-refractivity contribution is 5.34. The molecule has 0 aliphatic rings. The van der Waals surface area contributed by atoms with Crippen molar-refractivity contribution < 1.29 is 9.15 Å². The van der Waals surface area contributed by atoms with Crippen molar-refractivity contribution in [1.29, 1.82) is 0 Å². The SMILES string of the molecule is CC[C@@H](C)c1oc(=O)cc(OC)c1C. The van der Waals surface area contributed by atoms with Gasteiger partial charge in [0.25, 0.3) is 0 Å². The van der Waals surface area contributed by atoms with E-state index < -0.39 is 0 Å². The van der Waals surface area contributed by atoms with Crippen LogP contribution < -0.4 is 10.4 Å². The minimum atomic E-state index is -0.345. The first-order valence-electron chi connectivity index (χ1n) is 4.78. The second-order valence-electron chi connectivity index (χ2n) is 3.43. The van der Waals surface area contributed by atoms with Gasteiger partial charge in [0.2, 0.25) is 0 Å². The molecule has 0 saturated heterocycles. The van der Waals surface area contributed by atoms with Gasteiger partial charge < -0.3 is 9.15 Å². The third kappa shape index (κ3) is 1.97. The van der Waals surface area contributed by atoms with Gasteiger partial charge in [-0.1, -0.05) is 13.8 Å². The van der Waals surface area contributed by atoms with E-state index in [1.807, 2.05) is 13.8 Å². The Balaban J connectivity index is 3.29. The Morgan fingerprint density at radius 3 is 2.71 bits per heavy atom. The second-order valence-corrected chi connectivity index (χ2v) is 3.43. The summed E-state index contributed by atoms with van der Waals surface area (Å²) in [7, 11) is 1.56. The van der Waals surface area contributed by atoms with Crippen molar-refractivity contribution in [1.82, 2.24) is 0 Å². The van der Waals surface area contributed by atoms with E-state index >= 15 is 0 Å². The van der Waals surface area contributed by atoms with Crippen molar-refractivity contribution in [2.24, 2.45) is 0 Å². The van der Waals surface area contributed by atoms with Crippen molar-refractivity contribution in [3.63, 3.8) is 0 Å². The van der Waals surface area contributed by atoms with Crippen LogP contribution in [0.2, 0.25) is 0 Å². The highest BCUT2D eigenvalue weighted by Gasteiger charge is 2.14. The van der Waals surface area contributed by atoms with Gasteiger partial charge in [-0.2, -0.15) is 0 Å². The van der Waals surface area contributed by atoms with Crippen LogP contribution >= 0.6 is 0 Å². The summed E-state index contributed by atoms with van der Waals surface area (Å²) in [5.74, 6) is 1.59. The van der Waals surface area contributed by atoms with Crippen LogP contribution in [0.5, 0.6) is 5.75 Å². The molecule has 1 rings (SSSR count). The van der Waals surface area contributed by atoms with Crippen LogP contribution in [0, 0.1) is 6.92 Å². The topological polar surface area (TPSA) is 39.4 Å². The minimum Gasteiger partial charge on any atom is -0.496 e. The molecule has 0 fully saturated rings. The Morgan fingerprint density at radius 1 is 1.57 bits per heavy atom. The Labute approximate surface area is 83.7 Å². The molecule has 0 unspecified atom stereocenters. The Morgan fingerprint density at radius 2 is 2.21 bits per heavy atom. The van der Waals surface area contributed by atoms with Crippen molar-refractivity contribution in [2.45, 2.75) is 33.1 Å². The molecule has 78 valence electrons. The molecule has 3 nitrogen and oxygen atoms in total. The third-order valence-corrected chi connectivity index (χ3v) is 2.48. The van der Waals surface area contributed by atoms with E-state index in [4.69, 9.17) is 9.15 Å². The Kier molecular flexibility index (Phi) is 3.33. The van der Waals surface area contributed by atoms with Crippen molar-refractivity contribution >= 4 is 0 Å². The fourth-order valence-corrected chi connectivity index (χ4v) is 1.42. The molecule has 1 heterocycles. The van der Waals surface area contributed by atoms with Crippen molar-refractivity contribution in [3.05, 3.63) is 27.8 Å². The fraction of sp³-hybridized carbons (Fsp3) is 0.545. The lowest BCUT2D eigenvalue weighted by Gasteiger charge is -2.12. The minimum absolute atomic E-state index is 0.248. The van der Waals surface area contributed by atoms with Gasteiger partial charge in [0.1, 0.15) is 11.5 Å². The summed E-state index contributed by atoms with van der Waals surface area (Å²) in [5.41, 5.74) is 0.573. The van der Waals surface area contributed by atoms with Crippen molar-refractivity contribution in [2.75, 3.05) is 7.11 Å². The van der Waals surface area contributed by atoms with E-state index in [0.717, 1.165) is 17.7 Å². The average Bonchev–Trinajstić information content (AvgIpc) is 2.19. The number of rotatable bonds is 3. The first-order valence-corrected chi connectivity index (χ1v) is 4.78. The monoisotopic (exact) mass is 196 g/mol. The standard InChI is InChI=1S/C11H16O3/c1-5-7(2)11-8(3)9(13-4)6-10(12)14-11/h6-7H,5H2,1-4H3/t7-/m1/s1. The predicted molar refractivity (Wildman–Crippen MR) is 55.0 cm³/mol. The smallest absolute Gasteiger partial charge is 0.339 e. The van der Waals surface area contributed by atoms with Crippen LogP contribution in [0.15, 0.2) is 15.3 Å². The lowest BCUT2D eigenvalue weighted by Crippen LogP contribution is -2.06. The fourth-order valence-electron chi connectivity index (χ4n) is 1.42. The summed E-state index contributed by atoms with van der Waals surface area (Å²) in [4.78, 5) is 11.2. The molecule has 1 atom stereocenters. The molecule has 0 saturated carbocycles. The van der Waals surface area contributed by atoms with E-state index in [0.29, 0.717) is 5.75 Å². The molecule has 1 aromatic heterocycles. The summed E-state index contributed by atoms with van der Waals surface area (Å²) in [6.45, 7) is 6.00. The zero-order valence-corrected chi connectivity index (χ0v) is 9.09. The molecular weight excluding hydrogens is 180 g/mol. The normalized spacial score (nSPS) is 12.6. The summed E-state index contributed by atoms with van der Waals surface area (Å²) < 4.78 is 10.3. The molecule has 0 N–H and O–H groups in total. The van der Waals surface area contributed by atoms with E-state index in [9.17, 15) is 4.79 Å². The third-order valence-electron chi connectivity index (χ3n) is 2.48. The molecule has 0 bridgehead atoms. The van der Waals surface area contributed by atoms with Gasteiger partial charge in [0, 0.05) is 11.5 Å². The maximum atomic E-state index is 11.2. The summed E-state index contributed by atoms with van der Waals surface area (Å²) in [6, 6.07) is 1.38. The van der Waals surface area contributed by atoms with Gasteiger partial charge in [-0.25, -0.2) is 4.79 Å². The highest BCUT2D eigenvalue weighted by atomic mass is 16.5. The quantitative estimate of drug-likeness (QED) is 0.745. The molecule has 0 spiro atoms.